The highest BCUT2D eigenvalue weighted by molar-refractivity contribution is 5.03. The summed E-state index contributed by atoms with van der Waals surface area (Å²) >= 11 is 0. The van der Waals surface area contributed by atoms with Crippen LogP contribution in [0.1, 0.15) is 43.2 Å². The Morgan fingerprint density at radius 3 is 2.91 bits per heavy atom. The number of aliphatic hydroxyl groups excluding tert-OH is 1. The van der Waals surface area contributed by atoms with Crippen molar-refractivity contribution in [2.45, 2.75) is 45.4 Å². The van der Waals surface area contributed by atoms with Crippen molar-refractivity contribution in [3.05, 3.63) is 23.8 Å². The Balaban J connectivity index is 1.70. The quantitative estimate of drug-likeness (QED) is 0.855. The van der Waals surface area contributed by atoms with Gasteiger partial charge in [-0.2, -0.15) is 5.10 Å². The van der Waals surface area contributed by atoms with E-state index in [9.17, 15) is 5.11 Å². The second kappa shape index (κ2) is 6.53. The summed E-state index contributed by atoms with van der Waals surface area (Å²) in [5.41, 5.74) is 0. The van der Waals surface area contributed by atoms with Crippen LogP contribution < -0.4 is 0 Å². The summed E-state index contributed by atoms with van der Waals surface area (Å²) in [6.07, 6.45) is 3.86. The molecule has 2 aromatic heterocycles. The molecule has 0 radical (unpaired) electrons. The molecule has 0 saturated carbocycles. The highest BCUT2D eigenvalue weighted by Gasteiger charge is 2.26. The molecule has 0 aliphatic carbocycles. The Morgan fingerprint density at radius 2 is 2.18 bits per heavy atom. The van der Waals surface area contributed by atoms with E-state index in [1.807, 2.05) is 16.3 Å². The molecule has 1 fully saturated rings. The van der Waals surface area contributed by atoms with Crippen molar-refractivity contribution >= 4 is 0 Å². The zero-order valence-corrected chi connectivity index (χ0v) is 13.2. The standard InChI is InChI=1S/C14H23N7O/c1-3-21-12(15-10-16-21)8-20-6-4-5-11(7-20)14-18-17-13(9-22)19(14)2/h10-11,22H,3-9H2,1-2H3/t11-/m1/s1. The minimum Gasteiger partial charge on any atom is -0.388 e. The van der Waals surface area contributed by atoms with Crippen molar-refractivity contribution in [1.29, 1.82) is 0 Å². The number of nitrogens with zero attached hydrogens (tertiary/aromatic N) is 7. The molecule has 1 saturated heterocycles. The number of aryl methyl sites for hydroxylation is 1. The van der Waals surface area contributed by atoms with Crippen LogP contribution in [0.15, 0.2) is 6.33 Å². The minimum atomic E-state index is -0.0699. The van der Waals surface area contributed by atoms with E-state index in [0.29, 0.717) is 11.7 Å². The number of aromatic nitrogens is 6. The smallest absolute Gasteiger partial charge is 0.158 e. The lowest BCUT2D eigenvalue weighted by Gasteiger charge is -2.31. The van der Waals surface area contributed by atoms with Crippen molar-refractivity contribution in [2.24, 2.45) is 7.05 Å². The lowest BCUT2D eigenvalue weighted by molar-refractivity contribution is 0.187. The van der Waals surface area contributed by atoms with Crippen LogP contribution in [0.2, 0.25) is 0 Å². The Kier molecular flexibility index (Phi) is 4.49. The first kappa shape index (κ1) is 15.1. The zero-order valence-electron chi connectivity index (χ0n) is 13.2. The van der Waals surface area contributed by atoms with Gasteiger partial charge in [-0.25, -0.2) is 9.67 Å². The molecule has 1 atom stereocenters. The second-order valence-electron chi connectivity index (χ2n) is 5.76. The van der Waals surface area contributed by atoms with E-state index in [0.717, 1.165) is 50.7 Å². The molecule has 0 bridgehead atoms. The van der Waals surface area contributed by atoms with Gasteiger partial charge in [-0.3, -0.25) is 4.90 Å². The summed E-state index contributed by atoms with van der Waals surface area (Å²) in [6.45, 7) is 5.67. The van der Waals surface area contributed by atoms with E-state index < -0.39 is 0 Å². The maximum atomic E-state index is 9.26. The molecule has 22 heavy (non-hydrogen) atoms. The van der Waals surface area contributed by atoms with Gasteiger partial charge in [-0.05, 0) is 26.3 Å². The van der Waals surface area contributed by atoms with Crippen molar-refractivity contribution in [3.8, 4) is 0 Å². The third kappa shape index (κ3) is 2.89. The van der Waals surface area contributed by atoms with Crippen molar-refractivity contribution in [3.63, 3.8) is 0 Å². The molecule has 1 aliphatic heterocycles. The van der Waals surface area contributed by atoms with E-state index >= 15 is 0 Å². The molecule has 8 nitrogen and oxygen atoms in total. The Labute approximate surface area is 129 Å². The lowest BCUT2D eigenvalue weighted by Crippen LogP contribution is -2.35. The van der Waals surface area contributed by atoms with Gasteiger partial charge in [0.15, 0.2) is 5.82 Å². The molecule has 0 unspecified atom stereocenters. The average molecular weight is 305 g/mol. The highest BCUT2D eigenvalue weighted by Crippen LogP contribution is 2.26. The molecular weight excluding hydrogens is 282 g/mol. The fourth-order valence-electron chi connectivity index (χ4n) is 3.15. The first-order valence-electron chi connectivity index (χ1n) is 7.81. The molecule has 0 amide bonds. The summed E-state index contributed by atoms with van der Waals surface area (Å²) in [6, 6.07) is 0. The van der Waals surface area contributed by atoms with Crippen LogP contribution in [0.3, 0.4) is 0 Å². The number of aliphatic hydroxyl groups is 1. The fourth-order valence-corrected chi connectivity index (χ4v) is 3.15. The molecule has 0 spiro atoms. The normalized spacial score (nSPS) is 19.7. The first-order valence-corrected chi connectivity index (χ1v) is 7.81. The summed E-state index contributed by atoms with van der Waals surface area (Å²) in [7, 11) is 1.92. The van der Waals surface area contributed by atoms with Gasteiger partial charge in [0, 0.05) is 26.1 Å². The molecular formula is C14H23N7O. The van der Waals surface area contributed by atoms with Crippen LogP contribution >= 0.6 is 0 Å². The predicted octanol–water partition coefficient (Wildman–Crippen LogP) is 0.298. The highest BCUT2D eigenvalue weighted by atomic mass is 16.3. The topological polar surface area (TPSA) is 84.9 Å². The molecule has 1 aliphatic rings. The Bertz CT molecular complexity index is 620. The predicted molar refractivity (Wildman–Crippen MR) is 79.9 cm³/mol. The third-order valence-electron chi connectivity index (χ3n) is 4.37. The van der Waals surface area contributed by atoms with Gasteiger partial charge in [-0.1, -0.05) is 0 Å². The zero-order chi connectivity index (χ0) is 15.5. The van der Waals surface area contributed by atoms with Gasteiger partial charge >= 0.3 is 0 Å². The summed E-state index contributed by atoms with van der Waals surface area (Å²) in [4.78, 5) is 6.76. The molecule has 3 rings (SSSR count). The average Bonchev–Trinajstić information content (AvgIpc) is 3.13. The summed E-state index contributed by atoms with van der Waals surface area (Å²) < 4.78 is 3.86. The van der Waals surface area contributed by atoms with Crippen LogP contribution in [0.5, 0.6) is 0 Å². The van der Waals surface area contributed by atoms with Gasteiger partial charge in [0.1, 0.15) is 24.6 Å². The maximum absolute atomic E-state index is 9.26. The van der Waals surface area contributed by atoms with Crippen LogP contribution in [-0.2, 0) is 26.7 Å². The van der Waals surface area contributed by atoms with E-state index in [4.69, 9.17) is 0 Å². The second-order valence-corrected chi connectivity index (χ2v) is 5.76. The number of rotatable bonds is 5. The van der Waals surface area contributed by atoms with Crippen molar-refractivity contribution in [2.75, 3.05) is 13.1 Å². The van der Waals surface area contributed by atoms with E-state index in [2.05, 4.69) is 32.1 Å². The van der Waals surface area contributed by atoms with Crippen LogP contribution in [0.4, 0.5) is 0 Å². The van der Waals surface area contributed by atoms with Crippen molar-refractivity contribution < 1.29 is 5.11 Å². The Hall–Kier alpha value is -1.80. The summed E-state index contributed by atoms with van der Waals surface area (Å²) in [5, 5.41) is 21.8. The molecule has 120 valence electrons. The third-order valence-corrected chi connectivity index (χ3v) is 4.37. The summed E-state index contributed by atoms with van der Waals surface area (Å²) in [5.74, 6) is 2.95. The Morgan fingerprint density at radius 1 is 1.32 bits per heavy atom. The van der Waals surface area contributed by atoms with Crippen LogP contribution in [0, 0.1) is 0 Å². The lowest BCUT2D eigenvalue weighted by atomic mass is 9.97. The number of hydrogen-bond acceptors (Lipinski definition) is 6. The maximum Gasteiger partial charge on any atom is 0.158 e. The van der Waals surface area contributed by atoms with E-state index in [1.165, 1.54) is 0 Å². The molecule has 8 heteroatoms. The monoisotopic (exact) mass is 305 g/mol. The van der Waals surface area contributed by atoms with Crippen molar-refractivity contribution in [1.82, 2.24) is 34.4 Å². The molecule has 1 N–H and O–H groups in total. The minimum absolute atomic E-state index is 0.0699. The first-order chi connectivity index (χ1) is 10.7. The van der Waals surface area contributed by atoms with Gasteiger partial charge in [-0.15, -0.1) is 10.2 Å². The molecule has 2 aromatic rings. The SMILES string of the molecule is CCn1ncnc1CN1CCC[C@@H](c2nnc(CO)n2C)C1. The molecule has 3 heterocycles. The van der Waals surface area contributed by atoms with Gasteiger partial charge in [0.05, 0.1) is 6.54 Å². The van der Waals surface area contributed by atoms with E-state index in [-0.39, 0.29) is 6.61 Å². The molecule has 0 aromatic carbocycles. The van der Waals surface area contributed by atoms with Gasteiger partial charge < -0.3 is 9.67 Å². The van der Waals surface area contributed by atoms with E-state index in [1.54, 1.807) is 6.33 Å². The van der Waals surface area contributed by atoms with Crippen LogP contribution in [0.25, 0.3) is 0 Å². The largest absolute Gasteiger partial charge is 0.388 e. The number of hydrogen-bond donors (Lipinski definition) is 1. The van der Waals surface area contributed by atoms with Crippen LogP contribution in [-0.4, -0.2) is 52.6 Å². The van der Waals surface area contributed by atoms with Gasteiger partial charge in [0.2, 0.25) is 0 Å². The number of likely N-dealkylation sites (tertiary alicyclic amines) is 1. The fraction of sp³-hybridized carbons (Fsp3) is 0.714. The van der Waals surface area contributed by atoms with Gasteiger partial charge in [0.25, 0.3) is 0 Å². The number of piperidine rings is 1.